The van der Waals surface area contributed by atoms with Crippen molar-refractivity contribution in [3.63, 3.8) is 0 Å². The summed E-state index contributed by atoms with van der Waals surface area (Å²) in [5, 5.41) is 9.22. The average molecular weight is 447 g/mol. The van der Waals surface area contributed by atoms with Crippen LogP contribution >= 0.6 is 0 Å². The van der Waals surface area contributed by atoms with Gasteiger partial charge in [0.25, 0.3) is 0 Å². The summed E-state index contributed by atoms with van der Waals surface area (Å²) in [5.74, 6) is -1.02. The fourth-order valence-electron chi connectivity index (χ4n) is 2.72. The number of amides is 1. The van der Waals surface area contributed by atoms with Crippen molar-refractivity contribution in [1.82, 2.24) is 14.8 Å². The molecule has 0 radical (unpaired) electrons. The summed E-state index contributed by atoms with van der Waals surface area (Å²) in [6, 6.07) is 9.24. The fraction of sp³-hybridized carbons (Fsp3) is 0.238. The summed E-state index contributed by atoms with van der Waals surface area (Å²) in [6.07, 6.45) is -1.32. The molecule has 0 atom stereocenters. The van der Waals surface area contributed by atoms with E-state index < -0.39 is 23.6 Å². The Morgan fingerprint density at radius 3 is 2.50 bits per heavy atom. The zero-order chi connectivity index (χ0) is 23.1. The largest absolute Gasteiger partial charge is 0.462 e. The first-order chi connectivity index (χ1) is 15.3. The molecule has 0 fully saturated rings. The van der Waals surface area contributed by atoms with Crippen LogP contribution in [0.15, 0.2) is 55.1 Å². The predicted octanol–water partition coefficient (Wildman–Crippen LogP) is 3.90. The number of hydrogen-bond donors (Lipinski definition) is 2. The molecule has 0 aliphatic rings. The van der Waals surface area contributed by atoms with Crippen molar-refractivity contribution in [2.24, 2.45) is 0 Å². The minimum Gasteiger partial charge on any atom is -0.462 e. The number of hydrogen-bond acceptors (Lipinski definition) is 6. The van der Waals surface area contributed by atoms with E-state index in [-0.39, 0.29) is 17.9 Å². The van der Waals surface area contributed by atoms with E-state index in [0.29, 0.717) is 24.3 Å². The lowest BCUT2D eigenvalue weighted by Gasteiger charge is -2.15. The number of carbonyl (C=O) groups excluding carboxylic acids is 2. The van der Waals surface area contributed by atoms with Crippen molar-refractivity contribution in [2.75, 3.05) is 23.8 Å². The molecule has 168 valence electrons. The zero-order valence-electron chi connectivity index (χ0n) is 17.0. The SMILES string of the molecule is CCCOC(=O)c1ccc(NCC(=O)Nc2cc(C(F)(F)F)ccc2-n2cncn2)cc1. The number of nitrogens with one attached hydrogen (secondary N) is 2. The molecule has 3 rings (SSSR count). The first-order valence-corrected chi connectivity index (χ1v) is 9.65. The summed E-state index contributed by atoms with van der Waals surface area (Å²) in [7, 11) is 0. The highest BCUT2D eigenvalue weighted by molar-refractivity contribution is 5.96. The minimum absolute atomic E-state index is 0.0638. The molecule has 32 heavy (non-hydrogen) atoms. The Morgan fingerprint density at radius 2 is 1.88 bits per heavy atom. The van der Waals surface area contributed by atoms with Gasteiger partial charge in [0.15, 0.2) is 0 Å². The standard InChI is InChI=1S/C21H20F3N5O3/c1-2-9-32-20(31)14-3-6-16(7-4-14)26-11-19(30)28-17-10-15(21(22,23)24)5-8-18(17)29-13-25-12-27-29/h3-8,10,12-13,26H,2,9,11H2,1H3,(H,28,30). The number of rotatable bonds is 8. The Kier molecular flexibility index (Phi) is 7.08. The normalized spacial score (nSPS) is 11.1. The molecule has 11 heteroatoms. The molecule has 0 unspecified atom stereocenters. The van der Waals surface area contributed by atoms with E-state index in [1.807, 2.05) is 6.92 Å². The van der Waals surface area contributed by atoms with E-state index in [2.05, 4.69) is 20.7 Å². The molecule has 3 aromatic rings. The molecule has 2 N–H and O–H groups in total. The highest BCUT2D eigenvalue weighted by Crippen LogP contribution is 2.33. The molecule has 0 aliphatic carbocycles. The van der Waals surface area contributed by atoms with Crippen molar-refractivity contribution >= 4 is 23.3 Å². The van der Waals surface area contributed by atoms with Gasteiger partial charge in [-0.25, -0.2) is 14.5 Å². The van der Waals surface area contributed by atoms with Crippen LogP contribution < -0.4 is 10.6 Å². The Hall–Kier alpha value is -3.89. The number of nitrogens with zero attached hydrogens (tertiary/aromatic N) is 3. The van der Waals surface area contributed by atoms with Crippen LogP contribution in [0, 0.1) is 0 Å². The van der Waals surface area contributed by atoms with Crippen LogP contribution in [0.4, 0.5) is 24.5 Å². The number of ether oxygens (including phenoxy) is 1. The van der Waals surface area contributed by atoms with Gasteiger partial charge in [-0.3, -0.25) is 4.79 Å². The highest BCUT2D eigenvalue weighted by Gasteiger charge is 2.31. The Labute approximate surface area is 181 Å². The molecular formula is C21H20F3N5O3. The third kappa shape index (κ3) is 5.84. The van der Waals surface area contributed by atoms with E-state index in [0.717, 1.165) is 12.1 Å². The highest BCUT2D eigenvalue weighted by atomic mass is 19.4. The van der Waals surface area contributed by atoms with Gasteiger partial charge in [0.2, 0.25) is 5.91 Å². The Balaban J connectivity index is 1.67. The van der Waals surface area contributed by atoms with Crippen LogP contribution in [-0.2, 0) is 15.7 Å². The molecule has 0 spiro atoms. The number of alkyl halides is 3. The van der Waals surface area contributed by atoms with Crippen LogP contribution in [0.1, 0.15) is 29.3 Å². The lowest BCUT2D eigenvalue weighted by atomic mass is 10.1. The molecule has 1 amide bonds. The molecule has 0 saturated carbocycles. The third-order valence-corrected chi connectivity index (χ3v) is 4.27. The molecule has 1 heterocycles. The number of esters is 1. The zero-order valence-corrected chi connectivity index (χ0v) is 17.0. The van der Waals surface area contributed by atoms with Crippen LogP contribution in [0.2, 0.25) is 0 Å². The number of halogens is 3. The van der Waals surface area contributed by atoms with Gasteiger partial charge in [-0.15, -0.1) is 0 Å². The van der Waals surface area contributed by atoms with Crippen molar-refractivity contribution in [3.05, 3.63) is 66.2 Å². The van der Waals surface area contributed by atoms with Gasteiger partial charge in [-0.1, -0.05) is 6.92 Å². The minimum atomic E-state index is -4.57. The number of aromatic nitrogens is 3. The van der Waals surface area contributed by atoms with Crippen molar-refractivity contribution in [2.45, 2.75) is 19.5 Å². The van der Waals surface area contributed by atoms with Gasteiger partial charge in [0, 0.05) is 5.69 Å². The van der Waals surface area contributed by atoms with Gasteiger partial charge < -0.3 is 15.4 Å². The molecule has 8 nitrogen and oxygen atoms in total. The first-order valence-electron chi connectivity index (χ1n) is 9.65. The molecule has 0 bridgehead atoms. The lowest BCUT2D eigenvalue weighted by molar-refractivity contribution is -0.137. The smallest absolute Gasteiger partial charge is 0.416 e. The lowest BCUT2D eigenvalue weighted by Crippen LogP contribution is -2.23. The third-order valence-electron chi connectivity index (χ3n) is 4.27. The quantitative estimate of drug-likeness (QED) is 0.508. The summed E-state index contributed by atoms with van der Waals surface area (Å²) in [4.78, 5) is 28.0. The number of anilines is 2. The van der Waals surface area contributed by atoms with Gasteiger partial charge >= 0.3 is 12.1 Å². The predicted molar refractivity (Wildman–Crippen MR) is 110 cm³/mol. The van der Waals surface area contributed by atoms with E-state index in [9.17, 15) is 22.8 Å². The maximum absolute atomic E-state index is 13.1. The van der Waals surface area contributed by atoms with Gasteiger partial charge in [-0.2, -0.15) is 18.3 Å². The summed E-state index contributed by atoms with van der Waals surface area (Å²) in [5.41, 5.74) is 0.183. The number of benzene rings is 2. The van der Waals surface area contributed by atoms with E-state index in [4.69, 9.17) is 4.74 Å². The molecule has 0 saturated heterocycles. The molecule has 0 aliphatic heterocycles. The average Bonchev–Trinajstić information content (AvgIpc) is 3.30. The second-order valence-electron chi connectivity index (χ2n) is 6.68. The molecular weight excluding hydrogens is 427 g/mol. The van der Waals surface area contributed by atoms with E-state index >= 15 is 0 Å². The number of carbonyl (C=O) groups is 2. The monoisotopic (exact) mass is 447 g/mol. The van der Waals surface area contributed by atoms with Gasteiger partial charge in [0.1, 0.15) is 12.7 Å². The van der Waals surface area contributed by atoms with Crippen LogP contribution in [0.5, 0.6) is 0 Å². The Morgan fingerprint density at radius 1 is 1.12 bits per heavy atom. The summed E-state index contributed by atoms with van der Waals surface area (Å²) >= 11 is 0. The summed E-state index contributed by atoms with van der Waals surface area (Å²) in [6.45, 7) is 2.00. The fourth-order valence-corrected chi connectivity index (χ4v) is 2.72. The van der Waals surface area contributed by atoms with Crippen LogP contribution in [0.25, 0.3) is 5.69 Å². The maximum atomic E-state index is 13.1. The van der Waals surface area contributed by atoms with Gasteiger partial charge in [0.05, 0.1) is 35.7 Å². The van der Waals surface area contributed by atoms with Crippen molar-refractivity contribution < 1.29 is 27.5 Å². The second kappa shape index (κ2) is 9.94. The molecule has 2 aromatic carbocycles. The van der Waals surface area contributed by atoms with Crippen molar-refractivity contribution in [3.8, 4) is 5.69 Å². The van der Waals surface area contributed by atoms with Crippen LogP contribution in [0.3, 0.4) is 0 Å². The summed E-state index contributed by atoms with van der Waals surface area (Å²) < 4.78 is 45.6. The second-order valence-corrected chi connectivity index (χ2v) is 6.68. The van der Waals surface area contributed by atoms with E-state index in [1.165, 1.54) is 23.4 Å². The first kappa shape index (κ1) is 22.8. The topological polar surface area (TPSA) is 98.1 Å². The van der Waals surface area contributed by atoms with Crippen molar-refractivity contribution in [1.29, 1.82) is 0 Å². The van der Waals surface area contributed by atoms with Gasteiger partial charge in [-0.05, 0) is 48.9 Å². The van der Waals surface area contributed by atoms with E-state index in [1.54, 1.807) is 24.3 Å². The van der Waals surface area contributed by atoms with Crippen LogP contribution in [-0.4, -0.2) is 39.8 Å². The molecule has 1 aromatic heterocycles. The maximum Gasteiger partial charge on any atom is 0.416 e. The Bertz CT molecular complexity index is 1070.